The van der Waals surface area contributed by atoms with Gasteiger partial charge >= 0.3 is 0 Å². The van der Waals surface area contributed by atoms with Crippen molar-refractivity contribution < 1.29 is 14.7 Å². The van der Waals surface area contributed by atoms with Crippen molar-refractivity contribution >= 4 is 17.5 Å². The number of carbonyl (C=O) groups excluding carboxylic acids is 2. The first kappa shape index (κ1) is 16.8. The number of rotatable bonds is 4. The number of likely N-dealkylation sites (N-methyl/N-ethyl adjacent to an activating group) is 1. The molecule has 1 unspecified atom stereocenters. The maximum Gasteiger partial charge on any atom is 0.251 e. The van der Waals surface area contributed by atoms with Gasteiger partial charge in [-0.3, -0.25) is 9.59 Å². The summed E-state index contributed by atoms with van der Waals surface area (Å²) in [6, 6.07) is 12.0. The van der Waals surface area contributed by atoms with Crippen molar-refractivity contribution in [3.63, 3.8) is 0 Å². The van der Waals surface area contributed by atoms with Crippen LogP contribution in [-0.2, 0) is 11.2 Å². The molecule has 0 radical (unpaired) electrons. The number of phenols is 1. The summed E-state index contributed by atoms with van der Waals surface area (Å²) in [5.41, 5.74) is 3.35. The zero-order chi connectivity index (χ0) is 18.0. The first-order valence-corrected chi connectivity index (χ1v) is 8.12. The van der Waals surface area contributed by atoms with Crippen LogP contribution in [0.2, 0.25) is 0 Å². The SMILES string of the molecule is C=CC(=O)N(C)c1ccc(C(=O)NC2CCc3ccc(O)cc32)cc1. The molecule has 2 aromatic rings. The molecule has 5 heteroatoms. The van der Waals surface area contributed by atoms with Gasteiger partial charge in [0.05, 0.1) is 6.04 Å². The summed E-state index contributed by atoms with van der Waals surface area (Å²) in [5.74, 6) is -0.177. The van der Waals surface area contributed by atoms with Gasteiger partial charge in [-0.25, -0.2) is 0 Å². The largest absolute Gasteiger partial charge is 0.508 e. The number of amides is 2. The normalized spacial score (nSPS) is 15.3. The van der Waals surface area contributed by atoms with Gasteiger partial charge in [0, 0.05) is 18.3 Å². The van der Waals surface area contributed by atoms with Gasteiger partial charge in [-0.1, -0.05) is 12.6 Å². The molecule has 2 amide bonds. The van der Waals surface area contributed by atoms with Crippen molar-refractivity contribution in [3.05, 3.63) is 71.8 Å². The fourth-order valence-electron chi connectivity index (χ4n) is 3.08. The average Bonchev–Trinajstić information content (AvgIpc) is 3.02. The molecule has 0 aromatic heterocycles. The summed E-state index contributed by atoms with van der Waals surface area (Å²) in [7, 11) is 1.65. The molecular weight excluding hydrogens is 316 g/mol. The fourth-order valence-corrected chi connectivity index (χ4v) is 3.08. The molecule has 0 spiro atoms. The van der Waals surface area contributed by atoms with E-state index in [1.165, 1.54) is 11.0 Å². The lowest BCUT2D eigenvalue weighted by Crippen LogP contribution is -2.27. The Labute approximate surface area is 146 Å². The molecule has 1 aliphatic carbocycles. The quantitative estimate of drug-likeness (QED) is 0.844. The van der Waals surface area contributed by atoms with Crippen molar-refractivity contribution in [2.45, 2.75) is 18.9 Å². The van der Waals surface area contributed by atoms with Gasteiger partial charge in [0.2, 0.25) is 5.91 Å². The van der Waals surface area contributed by atoms with Crippen LogP contribution < -0.4 is 10.2 Å². The van der Waals surface area contributed by atoms with Crippen LogP contribution in [-0.4, -0.2) is 24.0 Å². The van der Waals surface area contributed by atoms with Gasteiger partial charge < -0.3 is 15.3 Å². The third-order valence-corrected chi connectivity index (χ3v) is 4.53. The Morgan fingerprint density at radius 1 is 1.24 bits per heavy atom. The number of benzene rings is 2. The van der Waals surface area contributed by atoms with Gasteiger partial charge in [-0.05, 0) is 66.4 Å². The van der Waals surface area contributed by atoms with E-state index in [1.54, 1.807) is 43.4 Å². The van der Waals surface area contributed by atoms with Crippen LogP contribution in [0.4, 0.5) is 5.69 Å². The number of phenolic OH excluding ortho intramolecular Hbond substituents is 1. The maximum atomic E-state index is 12.5. The van der Waals surface area contributed by atoms with Crippen LogP contribution in [0.1, 0.15) is 33.9 Å². The molecule has 0 saturated heterocycles. The molecule has 25 heavy (non-hydrogen) atoms. The Balaban J connectivity index is 1.72. The molecule has 2 aromatic carbocycles. The third-order valence-electron chi connectivity index (χ3n) is 4.53. The van der Waals surface area contributed by atoms with E-state index < -0.39 is 0 Å². The highest BCUT2D eigenvalue weighted by molar-refractivity contribution is 6.01. The van der Waals surface area contributed by atoms with Crippen molar-refractivity contribution in [1.82, 2.24) is 5.32 Å². The number of nitrogens with zero attached hydrogens (tertiary/aromatic N) is 1. The molecule has 0 fully saturated rings. The topological polar surface area (TPSA) is 69.6 Å². The highest BCUT2D eigenvalue weighted by Gasteiger charge is 2.24. The van der Waals surface area contributed by atoms with E-state index in [1.807, 2.05) is 6.07 Å². The molecule has 5 nitrogen and oxygen atoms in total. The Morgan fingerprint density at radius 3 is 2.64 bits per heavy atom. The predicted octanol–water partition coefficient (Wildman–Crippen LogP) is 2.96. The molecule has 0 aliphatic heterocycles. The van der Waals surface area contributed by atoms with Gasteiger partial charge in [0.25, 0.3) is 5.91 Å². The number of nitrogens with one attached hydrogen (secondary N) is 1. The van der Waals surface area contributed by atoms with Crippen LogP contribution in [0.25, 0.3) is 0 Å². The molecule has 1 atom stereocenters. The van der Waals surface area contributed by atoms with E-state index in [0.29, 0.717) is 11.3 Å². The van der Waals surface area contributed by atoms with E-state index in [-0.39, 0.29) is 23.6 Å². The lowest BCUT2D eigenvalue weighted by Gasteiger charge is -2.17. The molecule has 128 valence electrons. The van der Waals surface area contributed by atoms with E-state index in [4.69, 9.17) is 0 Å². The first-order valence-electron chi connectivity index (χ1n) is 8.12. The number of fused-ring (bicyclic) bond motifs is 1. The number of hydrogen-bond donors (Lipinski definition) is 2. The van der Waals surface area contributed by atoms with E-state index >= 15 is 0 Å². The van der Waals surface area contributed by atoms with E-state index in [2.05, 4.69) is 11.9 Å². The predicted molar refractivity (Wildman–Crippen MR) is 96.7 cm³/mol. The minimum Gasteiger partial charge on any atom is -0.508 e. The highest BCUT2D eigenvalue weighted by atomic mass is 16.3. The summed E-state index contributed by atoms with van der Waals surface area (Å²) in [6.45, 7) is 3.46. The third kappa shape index (κ3) is 3.40. The monoisotopic (exact) mass is 336 g/mol. The second-order valence-corrected chi connectivity index (χ2v) is 6.10. The van der Waals surface area contributed by atoms with Crippen LogP contribution in [0.15, 0.2) is 55.1 Å². The van der Waals surface area contributed by atoms with Crippen molar-refractivity contribution in [1.29, 1.82) is 0 Å². The van der Waals surface area contributed by atoms with Gasteiger partial charge in [0.15, 0.2) is 0 Å². The number of hydrogen-bond acceptors (Lipinski definition) is 3. The second kappa shape index (κ2) is 6.81. The number of anilines is 1. The zero-order valence-electron chi connectivity index (χ0n) is 14.0. The van der Waals surface area contributed by atoms with Crippen LogP contribution >= 0.6 is 0 Å². The summed E-state index contributed by atoms with van der Waals surface area (Å²) < 4.78 is 0. The Hall–Kier alpha value is -3.08. The highest BCUT2D eigenvalue weighted by Crippen LogP contribution is 2.33. The Morgan fingerprint density at radius 2 is 1.96 bits per heavy atom. The van der Waals surface area contributed by atoms with Gasteiger partial charge in [0.1, 0.15) is 5.75 Å². The second-order valence-electron chi connectivity index (χ2n) is 6.10. The minimum absolute atomic E-state index is 0.0979. The Bertz CT molecular complexity index is 827. The molecule has 1 aliphatic rings. The van der Waals surface area contributed by atoms with Crippen LogP contribution in [0, 0.1) is 0 Å². The molecule has 0 saturated carbocycles. The number of aromatic hydroxyl groups is 1. The van der Waals surface area contributed by atoms with Crippen molar-refractivity contribution in [2.75, 3.05) is 11.9 Å². The summed E-state index contributed by atoms with van der Waals surface area (Å²) in [4.78, 5) is 25.6. The van der Waals surface area contributed by atoms with Crippen molar-refractivity contribution in [3.8, 4) is 5.75 Å². The van der Waals surface area contributed by atoms with Gasteiger partial charge in [-0.15, -0.1) is 0 Å². The first-order chi connectivity index (χ1) is 12.0. The van der Waals surface area contributed by atoms with E-state index in [9.17, 15) is 14.7 Å². The van der Waals surface area contributed by atoms with Crippen molar-refractivity contribution in [2.24, 2.45) is 0 Å². The van der Waals surface area contributed by atoms with Crippen LogP contribution in [0.5, 0.6) is 5.75 Å². The van der Waals surface area contributed by atoms with Crippen LogP contribution in [0.3, 0.4) is 0 Å². The zero-order valence-corrected chi connectivity index (χ0v) is 14.0. The summed E-state index contributed by atoms with van der Waals surface area (Å²) in [5, 5.41) is 12.7. The molecule has 0 heterocycles. The minimum atomic E-state index is -0.209. The van der Waals surface area contributed by atoms with E-state index in [0.717, 1.165) is 24.0 Å². The lowest BCUT2D eigenvalue weighted by molar-refractivity contribution is -0.113. The summed E-state index contributed by atoms with van der Waals surface area (Å²) in [6.07, 6.45) is 2.95. The standard InChI is InChI=1S/C20H20N2O3/c1-3-19(24)22(2)15-8-4-14(5-9-15)20(25)21-18-11-7-13-6-10-16(23)12-17(13)18/h3-6,8-10,12,18,23H,1,7,11H2,2H3,(H,21,25). The smallest absolute Gasteiger partial charge is 0.251 e. The summed E-state index contributed by atoms with van der Waals surface area (Å²) >= 11 is 0. The molecular formula is C20H20N2O3. The van der Waals surface area contributed by atoms with Gasteiger partial charge in [-0.2, -0.15) is 0 Å². The number of carbonyl (C=O) groups is 2. The number of aryl methyl sites for hydroxylation is 1. The maximum absolute atomic E-state index is 12.5. The fraction of sp³-hybridized carbons (Fsp3) is 0.200. The molecule has 0 bridgehead atoms. The molecule has 3 rings (SSSR count). The molecule has 2 N–H and O–H groups in total. The average molecular weight is 336 g/mol. The Kier molecular flexibility index (Phi) is 4.57. The lowest BCUT2D eigenvalue weighted by atomic mass is 10.1.